The van der Waals surface area contributed by atoms with E-state index in [0.29, 0.717) is 12.4 Å². The Kier molecular flexibility index (Phi) is 3.41. The van der Waals surface area contributed by atoms with Crippen LogP contribution in [0, 0.1) is 0 Å². The molecular weight excluding hydrogens is 325 g/mol. The Morgan fingerprint density at radius 1 is 1.38 bits per heavy atom. The van der Waals surface area contributed by atoms with Gasteiger partial charge in [0.15, 0.2) is 11.5 Å². The number of ether oxygens (including phenoxy) is 1. The lowest BCUT2D eigenvalue weighted by atomic mass is 10.2. The molecule has 10 heteroatoms. The van der Waals surface area contributed by atoms with Crippen LogP contribution in [0.5, 0.6) is 0 Å². The maximum Gasteiger partial charge on any atom is 0.434 e. The molecule has 4 rings (SSSR count). The van der Waals surface area contributed by atoms with E-state index in [1.807, 2.05) is 0 Å². The Labute approximate surface area is 133 Å². The number of aromatic nitrogens is 5. The van der Waals surface area contributed by atoms with Gasteiger partial charge in [0, 0.05) is 25.1 Å². The first-order chi connectivity index (χ1) is 11.5. The highest BCUT2D eigenvalue weighted by Crippen LogP contribution is 2.30. The predicted octanol–water partition coefficient (Wildman–Crippen LogP) is 3.07. The van der Waals surface area contributed by atoms with Gasteiger partial charge in [-0.3, -0.25) is 9.50 Å². The molecule has 1 saturated heterocycles. The zero-order valence-electron chi connectivity index (χ0n) is 12.3. The van der Waals surface area contributed by atoms with Crippen molar-refractivity contribution in [3.05, 3.63) is 35.9 Å². The Hall–Kier alpha value is -2.62. The molecule has 24 heavy (non-hydrogen) atoms. The number of halogens is 3. The van der Waals surface area contributed by atoms with E-state index in [-0.39, 0.29) is 17.7 Å². The molecule has 1 aliphatic heterocycles. The van der Waals surface area contributed by atoms with Gasteiger partial charge in [-0.25, -0.2) is 9.97 Å². The quantitative estimate of drug-likeness (QED) is 0.767. The molecule has 2 N–H and O–H groups in total. The van der Waals surface area contributed by atoms with Crippen LogP contribution >= 0.6 is 0 Å². The van der Waals surface area contributed by atoms with Gasteiger partial charge >= 0.3 is 6.18 Å². The number of H-pyrrole nitrogens is 1. The van der Waals surface area contributed by atoms with Crippen LogP contribution in [0.15, 0.2) is 24.5 Å². The topological polar surface area (TPSA) is 80.1 Å². The third kappa shape index (κ3) is 2.68. The summed E-state index contributed by atoms with van der Waals surface area (Å²) in [6, 6.07) is 3.17. The highest BCUT2D eigenvalue weighted by molar-refractivity contribution is 5.54. The summed E-state index contributed by atoms with van der Waals surface area (Å²) in [4.78, 5) is 7.63. The van der Waals surface area contributed by atoms with Crippen molar-refractivity contribution in [3.63, 3.8) is 0 Å². The monoisotopic (exact) mass is 338 g/mol. The molecule has 0 radical (unpaired) electrons. The summed E-state index contributed by atoms with van der Waals surface area (Å²) in [5, 5.41) is 9.88. The lowest BCUT2D eigenvalue weighted by molar-refractivity contribution is -0.140. The second-order valence-corrected chi connectivity index (χ2v) is 5.46. The summed E-state index contributed by atoms with van der Waals surface area (Å²) in [5.74, 6) is 0.642. The van der Waals surface area contributed by atoms with E-state index in [1.165, 1.54) is 16.7 Å². The van der Waals surface area contributed by atoms with Crippen LogP contribution in [-0.4, -0.2) is 31.2 Å². The Bertz CT molecular complexity index is 865. The smallest absolute Gasteiger partial charge is 0.372 e. The summed E-state index contributed by atoms with van der Waals surface area (Å²) in [7, 11) is 0. The van der Waals surface area contributed by atoms with Gasteiger partial charge < -0.3 is 10.1 Å². The molecular formula is C14H13F3N6O. The van der Waals surface area contributed by atoms with E-state index in [4.69, 9.17) is 4.74 Å². The fourth-order valence-electron chi connectivity index (χ4n) is 2.65. The van der Waals surface area contributed by atoms with Crippen molar-refractivity contribution in [3.8, 4) is 0 Å². The maximum absolute atomic E-state index is 12.8. The largest absolute Gasteiger partial charge is 0.434 e. The van der Waals surface area contributed by atoms with Crippen molar-refractivity contribution in [1.82, 2.24) is 24.6 Å². The van der Waals surface area contributed by atoms with E-state index < -0.39 is 11.9 Å². The molecule has 3 aromatic rings. The number of anilines is 2. The number of alkyl halides is 3. The molecule has 0 spiro atoms. The molecule has 4 heterocycles. The standard InChI is InChI=1S/C14H13F3N6O/c15-14(16,17)10-7-23-12(19-10)3-4-18-13(23)20-11-6-8(21-22-11)9-2-1-5-24-9/h3-4,6-7,9H,1-2,5H2,(H2,18,20,21,22)/t9-/m1/s1. The van der Waals surface area contributed by atoms with Gasteiger partial charge in [0.2, 0.25) is 5.95 Å². The summed E-state index contributed by atoms with van der Waals surface area (Å²) in [6.07, 6.45) is -0.352. The molecule has 1 aliphatic rings. The van der Waals surface area contributed by atoms with Crippen LogP contribution in [0.1, 0.15) is 30.3 Å². The normalized spacial score (nSPS) is 18.4. The van der Waals surface area contributed by atoms with Gasteiger partial charge in [-0.15, -0.1) is 0 Å². The van der Waals surface area contributed by atoms with Crippen molar-refractivity contribution < 1.29 is 17.9 Å². The molecule has 0 aromatic carbocycles. The lowest BCUT2D eigenvalue weighted by Gasteiger charge is -2.05. The lowest BCUT2D eigenvalue weighted by Crippen LogP contribution is -2.04. The third-order valence-electron chi connectivity index (χ3n) is 3.79. The third-order valence-corrected chi connectivity index (χ3v) is 3.79. The van der Waals surface area contributed by atoms with Gasteiger partial charge in [0.25, 0.3) is 0 Å². The van der Waals surface area contributed by atoms with E-state index >= 15 is 0 Å². The minimum atomic E-state index is -4.51. The molecule has 3 aromatic heterocycles. The molecule has 126 valence electrons. The minimum Gasteiger partial charge on any atom is -0.372 e. The summed E-state index contributed by atoms with van der Waals surface area (Å²) < 4.78 is 45.2. The van der Waals surface area contributed by atoms with Crippen molar-refractivity contribution in [1.29, 1.82) is 0 Å². The number of rotatable bonds is 3. The molecule has 1 fully saturated rings. The van der Waals surface area contributed by atoms with Gasteiger partial charge in [-0.1, -0.05) is 0 Å². The highest BCUT2D eigenvalue weighted by atomic mass is 19.4. The SMILES string of the molecule is FC(F)(F)c1cn2c(Nc3cc([C@H]4CCCO4)[nH]n3)nccc2n1. The highest BCUT2D eigenvalue weighted by Gasteiger charge is 2.34. The summed E-state index contributed by atoms with van der Waals surface area (Å²) >= 11 is 0. The zero-order valence-corrected chi connectivity index (χ0v) is 12.3. The van der Waals surface area contributed by atoms with Crippen LogP contribution in [0.2, 0.25) is 0 Å². The number of nitrogens with one attached hydrogen (secondary N) is 2. The Morgan fingerprint density at radius 2 is 2.25 bits per heavy atom. The molecule has 0 amide bonds. The van der Waals surface area contributed by atoms with E-state index in [9.17, 15) is 13.2 Å². The van der Waals surface area contributed by atoms with Crippen LogP contribution in [0.4, 0.5) is 24.9 Å². The first-order valence-electron chi connectivity index (χ1n) is 7.36. The summed E-state index contributed by atoms with van der Waals surface area (Å²) in [5.41, 5.74) is -0.000815. The van der Waals surface area contributed by atoms with Crippen molar-refractivity contribution in [2.75, 3.05) is 11.9 Å². The van der Waals surface area contributed by atoms with Crippen LogP contribution in [0.3, 0.4) is 0 Å². The molecule has 0 bridgehead atoms. The molecule has 0 unspecified atom stereocenters. The number of imidazole rings is 1. The fraction of sp³-hybridized carbons (Fsp3) is 0.357. The average Bonchev–Trinajstić information content (AvgIpc) is 3.26. The number of nitrogens with zero attached hydrogens (tertiary/aromatic N) is 4. The Balaban J connectivity index is 1.63. The fourth-order valence-corrected chi connectivity index (χ4v) is 2.65. The molecule has 7 nitrogen and oxygen atoms in total. The summed E-state index contributed by atoms with van der Waals surface area (Å²) in [6.45, 7) is 0.711. The number of aromatic amines is 1. The predicted molar refractivity (Wildman–Crippen MR) is 77.8 cm³/mol. The van der Waals surface area contributed by atoms with Gasteiger partial charge in [-0.05, 0) is 18.9 Å². The molecule has 0 saturated carbocycles. The van der Waals surface area contributed by atoms with Crippen molar-refractivity contribution >= 4 is 17.4 Å². The van der Waals surface area contributed by atoms with E-state index in [1.54, 1.807) is 6.07 Å². The number of fused-ring (bicyclic) bond motifs is 1. The Morgan fingerprint density at radius 3 is 3.00 bits per heavy atom. The first kappa shape index (κ1) is 14.9. The maximum atomic E-state index is 12.8. The number of hydrogen-bond donors (Lipinski definition) is 2. The van der Waals surface area contributed by atoms with Crippen molar-refractivity contribution in [2.45, 2.75) is 25.1 Å². The van der Waals surface area contributed by atoms with E-state index in [2.05, 4.69) is 25.5 Å². The van der Waals surface area contributed by atoms with E-state index in [0.717, 1.165) is 24.7 Å². The van der Waals surface area contributed by atoms with Crippen LogP contribution in [0.25, 0.3) is 5.65 Å². The molecule has 1 atom stereocenters. The average molecular weight is 338 g/mol. The van der Waals surface area contributed by atoms with Crippen LogP contribution < -0.4 is 5.32 Å². The van der Waals surface area contributed by atoms with Crippen molar-refractivity contribution in [2.24, 2.45) is 0 Å². The van der Waals surface area contributed by atoms with Gasteiger partial charge in [0.05, 0.1) is 11.8 Å². The molecule has 0 aliphatic carbocycles. The van der Waals surface area contributed by atoms with Crippen LogP contribution in [-0.2, 0) is 10.9 Å². The number of hydrogen-bond acceptors (Lipinski definition) is 5. The second-order valence-electron chi connectivity index (χ2n) is 5.46. The van der Waals surface area contributed by atoms with Gasteiger partial charge in [0.1, 0.15) is 5.65 Å². The van der Waals surface area contributed by atoms with Gasteiger partial charge in [-0.2, -0.15) is 18.3 Å². The first-order valence-corrected chi connectivity index (χ1v) is 7.36. The zero-order chi connectivity index (χ0) is 16.7. The second kappa shape index (κ2) is 5.48. The minimum absolute atomic E-state index is 0.0260.